The smallest absolute Gasteiger partial charge is 0.291 e. The Morgan fingerprint density at radius 1 is 1.37 bits per heavy atom. The minimum absolute atomic E-state index is 0.0664. The molecule has 0 saturated heterocycles. The second-order valence-electron chi connectivity index (χ2n) is 8.16. The van der Waals surface area contributed by atoms with Crippen LogP contribution in [-0.2, 0) is 6.54 Å². The minimum Gasteiger partial charge on any atom is -0.494 e. The summed E-state index contributed by atoms with van der Waals surface area (Å²) in [5.41, 5.74) is 1.74. The summed E-state index contributed by atoms with van der Waals surface area (Å²) in [5, 5.41) is 21.8. The zero-order valence-corrected chi connectivity index (χ0v) is 17.5. The van der Waals surface area contributed by atoms with Crippen molar-refractivity contribution in [3.8, 4) is 5.88 Å². The van der Waals surface area contributed by atoms with Gasteiger partial charge in [0.2, 0.25) is 5.88 Å². The molecular weight excluding hydrogens is 386 g/mol. The van der Waals surface area contributed by atoms with Gasteiger partial charge in [-0.25, -0.2) is 0 Å². The van der Waals surface area contributed by atoms with Crippen molar-refractivity contribution in [2.75, 3.05) is 0 Å². The number of carbonyl (C=O) groups excluding carboxylic acids is 1. The van der Waals surface area contributed by atoms with Gasteiger partial charge in [-0.2, -0.15) is 9.61 Å². The Hall–Kier alpha value is -3.36. The Labute approximate surface area is 173 Å². The number of nitrogens with zero attached hydrogens (tertiary/aromatic N) is 4. The molecule has 0 aromatic carbocycles. The third-order valence-corrected chi connectivity index (χ3v) is 5.12. The fraction of sp³-hybridized carbons (Fsp3) is 0.429. The van der Waals surface area contributed by atoms with Crippen LogP contribution < -0.4 is 10.9 Å². The molecule has 1 fully saturated rings. The number of fused-ring (bicyclic) bond motifs is 1. The molecule has 2 N–H and O–H groups in total. The Morgan fingerprint density at radius 3 is 2.70 bits per heavy atom. The first-order chi connectivity index (χ1) is 14.3. The molecule has 158 valence electrons. The molecule has 0 radical (unpaired) electrons. The molecule has 3 aromatic heterocycles. The van der Waals surface area contributed by atoms with Crippen molar-refractivity contribution < 1.29 is 14.4 Å². The first kappa shape index (κ1) is 19.9. The molecular formula is C21H25N5O4. The normalized spacial score (nSPS) is 14.3. The second kappa shape index (κ2) is 7.47. The highest BCUT2D eigenvalue weighted by atomic mass is 16.5. The van der Waals surface area contributed by atoms with E-state index in [1.165, 1.54) is 4.52 Å². The molecule has 0 bridgehead atoms. The molecule has 9 heteroatoms. The lowest BCUT2D eigenvalue weighted by Gasteiger charge is -2.17. The molecule has 0 unspecified atom stereocenters. The lowest BCUT2D eigenvalue weighted by molar-refractivity contribution is 0.0944. The van der Waals surface area contributed by atoms with Gasteiger partial charge in [0, 0.05) is 23.7 Å². The highest BCUT2D eigenvalue weighted by Crippen LogP contribution is 2.25. The number of aromatic hydroxyl groups is 1. The van der Waals surface area contributed by atoms with Gasteiger partial charge in [0.15, 0.2) is 5.56 Å². The molecule has 1 aliphatic carbocycles. The molecule has 30 heavy (non-hydrogen) atoms. The Balaban J connectivity index is 1.88. The summed E-state index contributed by atoms with van der Waals surface area (Å²) < 4.78 is 7.94. The van der Waals surface area contributed by atoms with E-state index in [2.05, 4.69) is 15.6 Å². The monoisotopic (exact) mass is 411 g/mol. The molecule has 0 spiro atoms. The van der Waals surface area contributed by atoms with Crippen molar-refractivity contribution in [2.45, 2.75) is 53.1 Å². The van der Waals surface area contributed by atoms with Gasteiger partial charge in [0.1, 0.15) is 11.4 Å². The number of aromatic nitrogens is 4. The fourth-order valence-electron chi connectivity index (χ4n) is 3.45. The van der Waals surface area contributed by atoms with E-state index >= 15 is 0 Å². The summed E-state index contributed by atoms with van der Waals surface area (Å²) in [6, 6.07) is 0.0664. The van der Waals surface area contributed by atoms with E-state index in [0.717, 1.165) is 24.1 Å². The van der Waals surface area contributed by atoms with Crippen molar-refractivity contribution in [3.05, 3.63) is 44.7 Å². The van der Waals surface area contributed by atoms with Gasteiger partial charge in [-0.15, -0.1) is 0 Å². The molecule has 0 atom stereocenters. The highest BCUT2D eigenvalue weighted by Gasteiger charge is 2.29. The van der Waals surface area contributed by atoms with Crippen LogP contribution in [0.2, 0.25) is 0 Å². The predicted octanol–water partition coefficient (Wildman–Crippen LogP) is 2.53. The summed E-state index contributed by atoms with van der Waals surface area (Å²) in [4.78, 5) is 25.6. The molecule has 9 nitrogen and oxygen atoms in total. The van der Waals surface area contributed by atoms with Crippen LogP contribution in [0.3, 0.4) is 0 Å². The van der Waals surface area contributed by atoms with Gasteiger partial charge in [-0.05, 0) is 44.8 Å². The van der Waals surface area contributed by atoms with Crippen LogP contribution in [-0.4, -0.2) is 36.4 Å². The van der Waals surface area contributed by atoms with Crippen LogP contribution in [0.15, 0.2) is 15.5 Å². The number of rotatable bonds is 6. The summed E-state index contributed by atoms with van der Waals surface area (Å²) in [7, 11) is 0. The number of hydrogen-bond acceptors (Lipinski definition) is 6. The molecule has 3 heterocycles. The molecule has 4 rings (SSSR count). The van der Waals surface area contributed by atoms with E-state index in [1.54, 1.807) is 16.8 Å². The van der Waals surface area contributed by atoms with Crippen LogP contribution in [0.25, 0.3) is 17.8 Å². The third kappa shape index (κ3) is 3.51. The maximum Gasteiger partial charge on any atom is 0.291 e. The van der Waals surface area contributed by atoms with Gasteiger partial charge in [-0.1, -0.05) is 19.0 Å². The Kier molecular flexibility index (Phi) is 4.97. The number of hydrogen-bond donors (Lipinski definition) is 2. The molecule has 0 aliphatic heterocycles. The van der Waals surface area contributed by atoms with Crippen molar-refractivity contribution in [3.63, 3.8) is 0 Å². The van der Waals surface area contributed by atoms with Crippen LogP contribution in [0, 0.1) is 19.8 Å². The Bertz CT molecular complexity index is 1190. The first-order valence-electron chi connectivity index (χ1n) is 10.0. The third-order valence-electron chi connectivity index (χ3n) is 5.12. The molecule has 1 aliphatic rings. The zero-order valence-electron chi connectivity index (χ0n) is 17.5. The summed E-state index contributed by atoms with van der Waals surface area (Å²) in [6.45, 7) is 8.07. The SMILES string of the molecule is Cc1noc(C)c1/C=C/c1cnn2c(=O)c(C(=O)NC3CC3)c(O)n(CC(C)C)c12. The van der Waals surface area contributed by atoms with Crippen molar-refractivity contribution in [2.24, 2.45) is 5.92 Å². The van der Waals surface area contributed by atoms with Gasteiger partial charge >= 0.3 is 0 Å². The van der Waals surface area contributed by atoms with E-state index in [4.69, 9.17) is 4.52 Å². The van der Waals surface area contributed by atoms with E-state index in [9.17, 15) is 14.7 Å². The van der Waals surface area contributed by atoms with Gasteiger partial charge in [0.25, 0.3) is 11.5 Å². The van der Waals surface area contributed by atoms with Crippen LogP contribution >= 0.6 is 0 Å². The van der Waals surface area contributed by atoms with E-state index in [-0.39, 0.29) is 23.4 Å². The van der Waals surface area contributed by atoms with Crippen molar-refractivity contribution >= 4 is 23.7 Å². The van der Waals surface area contributed by atoms with E-state index in [0.29, 0.717) is 23.5 Å². The predicted molar refractivity (Wildman–Crippen MR) is 111 cm³/mol. The van der Waals surface area contributed by atoms with Crippen molar-refractivity contribution in [1.82, 2.24) is 24.7 Å². The Morgan fingerprint density at radius 2 is 2.10 bits per heavy atom. The van der Waals surface area contributed by atoms with Crippen LogP contribution in [0.5, 0.6) is 5.88 Å². The second-order valence-corrected chi connectivity index (χ2v) is 8.16. The van der Waals surface area contributed by atoms with Crippen LogP contribution in [0.4, 0.5) is 0 Å². The maximum absolute atomic E-state index is 13.0. The van der Waals surface area contributed by atoms with Gasteiger partial charge < -0.3 is 14.9 Å². The summed E-state index contributed by atoms with van der Waals surface area (Å²) in [6.07, 6.45) is 6.95. The average molecular weight is 411 g/mol. The number of amides is 1. The maximum atomic E-state index is 13.0. The summed E-state index contributed by atoms with van der Waals surface area (Å²) in [5.74, 6) is -0.0629. The largest absolute Gasteiger partial charge is 0.494 e. The fourth-order valence-corrected chi connectivity index (χ4v) is 3.45. The van der Waals surface area contributed by atoms with Crippen LogP contribution in [0.1, 0.15) is 59.6 Å². The highest BCUT2D eigenvalue weighted by molar-refractivity contribution is 5.97. The van der Waals surface area contributed by atoms with E-state index < -0.39 is 11.5 Å². The van der Waals surface area contributed by atoms with Gasteiger partial charge in [0.05, 0.1) is 11.9 Å². The van der Waals surface area contributed by atoms with Crippen molar-refractivity contribution in [1.29, 1.82) is 0 Å². The molecule has 3 aromatic rings. The number of aryl methyl sites for hydroxylation is 2. The number of nitrogens with one attached hydrogen (secondary N) is 1. The lowest BCUT2D eigenvalue weighted by atomic mass is 10.1. The quantitative estimate of drug-likeness (QED) is 0.644. The lowest BCUT2D eigenvalue weighted by Crippen LogP contribution is -2.34. The first-order valence-corrected chi connectivity index (χ1v) is 10.0. The topological polar surface area (TPSA) is 115 Å². The summed E-state index contributed by atoms with van der Waals surface area (Å²) >= 11 is 0. The van der Waals surface area contributed by atoms with Gasteiger partial charge in [-0.3, -0.25) is 14.2 Å². The molecule has 1 amide bonds. The minimum atomic E-state index is -0.641. The number of carbonyl (C=O) groups is 1. The zero-order chi connectivity index (χ0) is 21.6. The van der Waals surface area contributed by atoms with E-state index in [1.807, 2.05) is 33.8 Å². The standard InChI is InChI=1S/C21H25N5O4/c1-11(2)10-25-19-14(5-8-16-12(3)24-30-13(16)4)9-22-26(19)21(29)17(20(25)28)18(27)23-15-6-7-15/h5,8-9,11,15,28H,6-7,10H2,1-4H3,(H,23,27)/b8-5+. The molecule has 1 saturated carbocycles. The average Bonchev–Trinajstić information content (AvgIpc) is 3.29.